The maximum atomic E-state index is 8.52. The predicted octanol–water partition coefficient (Wildman–Crippen LogP) is 1.65. The Morgan fingerprint density at radius 1 is 1.54 bits per heavy atom. The Balaban J connectivity index is 2.61. The average molecular weight is 268 g/mol. The van der Waals surface area contributed by atoms with Gasteiger partial charge in [-0.05, 0) is 15.9 Å². The van der Waals surface area contributed by atoms with E-state index in [0.717, 1.165) is 0 Å². The minimum absolute atomic E-state index is 0.0937. The van der Waals surface area contributed by atoms with Crippen molar-refractivity contribution in [2.24, 2.45) is 0 Å². The highest BCUT2D eigenvalue weighted by Crippen LogP contribution is 2.27. The molecule has 0 aliphatic carbocycles. The van der Waals surface area contributed by atoms with E-state index in [4.69, 9.17) is 21.4 Å². The van der Waals surface area contributed by atoms with Crippen molar-refractivity contribution in [3.63, 3.8) is 0 Å². The van der Waals surface area contributed by atoms with Crippen molar-refractivity contribution in [3.05, 3.63) is 16.0 Å². The van der Waals surface area contributed by atoms with Gasteiger partial charge in [0.2, 0.25) is 5.88 Å². The molecule has 13 heavy (non-hydrogen) atoms. The van der Waals surface area contributed by atoms with Crippen LogP contribution in [-0.4, -0.2) is 28.3 Å². The summed E-state index contributed by atoms with van der Waals surface area (Å²) in [5.41, 5.74) is 0. The molecule has 0 saturated heterocycles. The first-order chi connectivity index (χ1) is 6.25. The van der Waals surface area contributed by atoms with E-state index in [0.29, 0.717) is 28.5 Å². The van der Waals surface area contributed by atoms with Crippen molar-refractivity contribution in [1.82, 2.24) is 9.97 Å². The summed E-state index contributed by atoms with van der Waals surface area (Å²) >= 11 is 8.89. The zero-order chi connectivity index (χ0) is 9.68. The molecule has 0 aromatic carbocycles. The van der Waals surface area contributed by atoms with Gasteiger partial charge in [-0.15, -0.1) is 0 Å². The van der Waals surface area contributed by atoms with Crippen molar-refractivity contribution >= 4 is 27.5 Å². The highest BCUT2D eigenvalue weighted by molar-refractivity contribution is 9.10. The lowest BCUT2D eigenvalue weighted by molar-refractivity contribution is 0.228. The van der Waals surface area contributed by atoms with Gasteiger partial charge in [0.15, 0.2) is 5.15 Å². The van der Waals surface area contributed by atoms with Gasteiger partial charge in [-0.1, -0.05) is 11.6 Å². The first-order valence-electron chi connectivity index (χ1n) is 3.65. The van der Waals surface area contributed by atoms with Crippen LogP contribution in [0.3, 0.4) is 0 Å². The van der Waals surface area contributed by atoms with E-state index in [1.165, 1.54) is 6.33 Å². The molecule has 0 atom stereocenters. The number of aromatic nitrogens is 2. The maximum absolute atomic E-state index is 8.52. The first kappa shape index (κ1) is 10.7. The Hall–Kier alpha value is -0.390. The molecule has 1 aromatic rings. The van der Waals surface area contributed by atoms with Crippen LogP contribution in [0, 0.1) is 0 Å². The number of aliphatic hydroxyl groups is 1. The number of ether oxygens (including phenoxy) is 1. The lowest BCUT2D eigenvalue weighted by Crippen LogP contribution is -2.02. The Morgan fingerprint density at radius 3 is 3.00 bits per heavy atom. The third-order valence-electron chi connectivity index (χ3n) is 1.26. The molecule has 0 radical (unpaired) electrons. The topological polar surface area (TPSA) is 55.2 Å². The molecular weight excluding hydrogens is 259 g/mol. The van der Waals surface area contributed by atoms with Crippen molar-refractivity contribution in [3.8, 4) is 5.88 Å². The van der Waals surface area contributed by atoms with E-state index in [1.807, 2.05) is 0 Å². The minimum atomic E-state index is 0.0937. The van der Waals surface area contributed by atoms with Crippen LogP contribution in [-0.2, 0) is 0 Å². The molecule has 1 heterocycles. The molecule has 72 valence electrons. The van der Waals surface area contributed by atoms with Gasteiger partial charge in [0.05, 0.1) is 6.61 Å². The van der Waals surface area contributed by atoms with Crippen LogP contribution in [0.15, 0.2) is 10.8 Å². The van der Waals surface area contributed by atoms with Gasteiger partial charge in [0, 0.05) is 13.0 Å². The average Bonchev–Trinajstić information content (AvgIpc) is 2.13. The lowest BCUT2D eigenvalue weighted by Gasteiger charge is -2.05. The van der Waals surface area contributed by atoms with Crippen LogP contribution >= 0.6 is 27.5 Å². The fourth-order valence-corrected chi connectivity index (χ4v) is 1.11. The maximum Gasteiger partial charge on any atom is 0.232 e. The van der Waals surface area contributed by atoms with Crippen LogP contribution < -0.4 is 4.74 Å². The summed E-state index contributed by atoms with van der Waals surface area (Å²) < 4.78 is 5.75. The van der Waals surface area contributed by atoms with E-state index in [9.17, 15) is 0 Å². The molecule has 6 heteroatoms. The highest BCUT2D eigenvalue weighted by atomic mass is 79.9. The molecule has 1 rings (SSSR count). The summed E-state index contributed by atoms with van der Waals surface area (Å²) in [5, 5.41) is 8.83. The minimum Gasteiger partial charge on any atom is -0.477 e. The molecule has 0 aliphatic heterocycles. The second-order valence-corrected chi connectivity index (χ2v) is 3.36. The summed E-state index contributed by atoms with van der Waals surface area (Å²) in [6, 6.07) is 0. The van der Waals surface area contributed by atoms with Crippen LogP contribution in [0.2, 0.25) is 5.15 Å². The van der Waals surface area contributed by atoms with E-state index in [2.05, 4.69) is 25.9 Å². The SMILES string of the molecule is OCCCOc1ncnc(Cl)c1Br. The lowest BCUT2D eigenvalue weighted by atomic mass is 10.5. The fraction of sp³-hybridized carbons (Fsp3) is 0.429. The van der Waals surface area contributed by atoms with E-state index in [1.54, 1.807) is 0 Å². The molecule has 0 unspecified atom stereocenters. The summed E-state index contributed by atoms with van der Waals surface area (Å²) in [6.07, 6.45) is 1.88. The van der Waals surface area contributed by atoms with Gasteiger partial charge in [-0.2, -0.15) is 0 Å². The molecule has 0 amide bonds. The number of hydrogen-bond donors (Lipinski definition) is 1. The second-order valence-electron chi connectivity index (χ2n) is 2.21. The number of nitrogens with zero attached hydrogens (tertiary/aromatic N) is 2. The van der Waals surface area contributed by atoms with Gasteiger partial charge < -0.3 is 9.84 Å². The van der Waals surface area contributed by atoms with Crippen LogP contribution in [0.25, 0.3) is 0 Å². The number of rotatable bonds is 4. The number of hydrogen-bond acceptors (Lipinski definition) is 4. The fourth-order valence-electron chi connectivity index (χ4n) is 0.668. The van der Waals surface area contributed by atoms with Crippen molar-refractivity contribution in [2.75, 3.05) is 13.2 Å². The van der Waals surface area contributed by atoms with Crippen molar-refractivity contribution in [1.29, 1.82) is 0 Å². The third-order valence-corrected chi connectivity index (χ3v) is 2.49. The molecule has 1 aromatic heterocycles. The van der Waals surface area contributed by atoms with Gasteiger partial charge in [0.25, 0.3) is 0 Å². The first-order valence-corrected chi connectivity index (χ1v) is 4.82. The molecule has 4 nitrogen and oxygen atoms in total. The van der Waals surface area contributed by atoms with Crippen LogP contribution in [0.4, 0.5) is 0 Å². The molecular formula is C7H8BrClN2O2. The Kier molecular flexibility index (Phi) is 4.41. The Labute approximate surface area is 89.0 Å². The van der Waals surface area contributed by atoms with Gasteiger partial charge in [-0.25, -0.2) is 9.97 Å². The summed E-state index contributed by atoms with van der Waals surface area (Å²) in [6.45, 7) is 0.499. The van der Waals surface area contributed by atoms with Crippen LogP contribution in [0.5, 0.6) is 5.88 Å². The smallest absolute Gasteiger partial charge is 0.232 e. The second kappa shape index (κ2) is 5.36. The van der Waals surface area contributed by atoms with Crippen LogP contribution in [0.1, 0.15) is 6.42 Å². The van der Waals surface area contributed by atoms with E-state index >= 15 is 0 Å². The monoisotopic (exact) mass is 266 g/mol. The quantitative estimate of drug-likeness (QED) is 0.666. The van der Waals surface area contributed by atoms with Gasteiger partial charge in [0.1, 0.15) is 10.8 Å². The predicted molar refractivity (Wildman–Crippen MR) is 51.9 cm³/mol. The summed E-state index contributed by atoms with van der Waals surface area (Å²) in [5.74, 6) is 0.397. The van der Waals surface area contributed by atoms with E-state index in [-0.39, 0.29) is 6.61 Å². The molecule has 0 fully saturated rings. The molecule has 0 aliphatic rings. The molecule has 0 bridgehead atoms. The Morgan fingerprint density at radius 2 is 2.31 bits per heavy atom. The summed E-state index contributed by atoms with van der Waals surface area (Å²) in [4.78, 5) is 7.61. The zero-order valence-corrected chi connectivity index (χ0v) is 9.05. The normalized spacial score (nSPS) is 10.1. The molecule has 1 N–H and O–H groups in total. The molecule has 0 saturated carbocycles. The van der Waals surface area contributed by atoms with Crippen molar-refractivity contribution in [2.45, 2.75) is 6.42 Å². The summed E-state index contributed by atoms with van der Waals surface area (Å²) in [7, 11) is 0. The Bertz CT molecular complexity index is 285. The largest absolute Gasteiger partial charge is 0.477 e. The highest BCUT2D eigenvalue weighted by Gasteiger charge is 2.06. The molecule has 0 spiro atoms. The van der Waals surface area contributed by atoms with Gasteiger partial charge >= 0.3 is 0 Å². The number of halogens is 2. The zero-order valence-electron chi connectivity index (χ0n) is 6.70. The van der Waals surface area contributed by atoms with E-state index < -0.39 is 0 Å². The standard InChI is InChI=1S/C7H8BrClN2O2/c8-5-6(9)10-4-11-7(5)13-3-1-2-12/h4,12H,1-3H2. The third kappa shape index (κ3) is 3.10. The number of aliphatic hydroxyl groups excluding tert-OH is 1. The van der Waals surface area contributed by atoms with Gasteiger partial charge in [-0.3, -0.25) is 0 Å². The van der Waals surface area contributed by atoms with Crippen molar-refractivity contribution < 1.29 is 9.84 Å².